The number of hydrogen-bond donors (Lipinski definition) is 1. The van der Waals surface area contributed by atoms with Crippen LogP contribution in [0.4, 0.5) is 0 Å². The van der Waals surface area contributed by atoms with Crippen molar-refractivity contribution < 1.29 is 17.9 Å². The van der Waals surface area contributed by atoms with Crippen LogP contribution in [-0.4, -0.2) is 55.7 Å². The number of hydrogen-bond acceptors (Lipinski definition) is 5. The molecule has 1 atom stereocenters. The predicted molar refractivity (Wildman–Crippen MR) is 97.6 cm³/mol. The molecule has 0 aromatic heterocycles. The maximum atomic E-state index is 12.4. The van der Waals surface area contributed by atoms with Crippen LogP contribution < -0.4 is 4.72 Å². The monoisotopic (exact) mass is 379 g/mol. The summed E-state index contributed by atoms with van der Waals surface area (Å²) in [7, 11) is -3.36. The third-order valence-corrected chi connectivity index (χ3v) is 6.71. The molecule has 2 fully saturated rings. The quantitative estimate of drug-likeness (QED) is 0.857. The maximum Gasteiger partial charge on any atom is 0.214 e. The van der Waals surface area contributed by atoms with Crippen molar-refractivity contribution in [2.24, 2.45) is 0 Å². The first kappa shape index (κ1) is 17.9. The van der Waals surface area contributed by atoms with Gasteiger partial charge in [-0.2, -0.15) is 0 Å². The highest BCUT2D eigenvalue weighted by Gasteiger charge is 2.29. The smallest absolute Gasteiger partial charge is 0.214 e. The fraction of sp³-hybridized carbons (Fsp3) is 0.611. The van der Waals surface area contributed by atoms with Gasteiger partial charge in [0, 0.05) is 30.0 Å². The Morgan fingerprint density at radius 2 is 2.04 bits per heavy atom. The van der Waals surface area contributed by atoms with Crippen molar-refractivity contribution in [2.75, 3.05) is 25.6 Å². The normalized spacial score (nSPS) is 27.6. The van der Waals surface area contributed by atoms with Gasteiger partial charge in [-0.25, -0.2) is 18.1 Å². The van der Waals surface area contributed by atoms with E-state index in [1.807, 2.05) is 18.3 Å². The van der Waals surface area contributed by atoms with E-state index in [4.69, 9.17) is 9.47 Å². The van der Waals surface area contributed by atoms with E-state index in [-0.39, 0.29) is 17.9 Å². The van der Waals surface area contributed by atoms with Crippen LogP contribution in [0.2, 0.25) is 0 Å². The number of nitrogens with zero attached hydrogens (tertiary/aromatic N) is 2. The maximum absolute atomic E-state index is 12.4. The van der Waals surface area contributed by atoms with Gasteiger partial charge in [0.25, 0.3) is 0 Å². The fourth-order valence-electron chi connectivity index (χ4n) is 3.94. The standard InChI is InChI=1S/C18H25N3O4S/c22-26(23,13-17-12-24-10-11-25-17)20-15-3-5-16(6-4-15)21-9-1-2-14-7-8-19-18(14)21/h1-2,7-9,15-17,20H,3-6,10-13H2. The molecule has 8 heteroatoms. The van der Waals surface area contributed by atoms with Crippen molar-refractivity contribution in [1.82, 2.24) is 14.3 Å². The van der Waals surface area contributed by atoms with Crippen molar-refractivity contribution in [1.29, 1.82) is 0 Å². The highest BCUT2D eigenvalue weighted by Crippen LogP contribution is 2.32. The van der Waals surface area contributed by atoms with E-state index < -0.39 is 10.0 Å². The lowest BCUT2D eigenvalue weighted by Crippen LogP contribution is -2.44. The van der Waals surface area contributed by atoms with Crippen LogP contribution in [0, 0.1) is 0 Å². The molecule has 4 rings (SSSR count). The lowest BCUT2D eigenvalue weighted by Gasteiger charge is -2.32. The second-order valence-electron chi connectivity index (χ2n) is 7.11. The molecule has 1 unspecified atom stereocenters. The summed E-state index contributed by atoms with van der Waals surface area (Å²) in [6.07, 6.45) is 7.07. The molecule has 0 aromatic carbocycles. The van der Waals surface area contributed by atoms with Gasteiger partial charge in [0.05, 0.1) is 31.7 Å². The summed E-state index contributed by atoms with van der Waals surface area (Å²) < 4.78 is 40.6. The van der Waals surface area contributed by atoms with Crippen LogP contribution in [0.15, 0.2) is 30.6 Å². The first-order valence-corrected chi connectivity index (χ1v) is 10.9. The number of pyridine rings is 1. The zero-order valence-electron chi connectivity index (χ0n) is 14.7. The van der Waals surface area contributed by atoms with Gasteiger partial charge in [-0.3, -0.25) is 0 Å². The Kier molecular flexibility index (Phi) is 5.26. The van der Waals surface area contributed by atoms with Crippen LogP contribution >= 0.6 is 0 Å². The molecule has 1 N–H and O–H groups in total. The van der Waals surface area contributed by atoms with E-state index in [0.717, 1.165) is 37.1 Å². The Morgan fingerprint density at radius 3 is 2.81 bits per heavy atom. The van der Waals surface area contributed by atoms with Crippen molar-refractivity contribution >= 4 is 10.0 Å². The Hall–Kier alpha value is -1.48. The van der Waals surface area contributed by atoms with E-state index >= 15 is 0 Å². The molecule has 4 aliphatic rings. The second kappa shape index (κ2) is 7.64. The number of rotatable bonds is 5. The van der Waals surface area contributed by atoms with Crippen LogP contribution in [-0.2, 0) is 19.5 Å². The number of ether oxygens (including phenoxy) is 2. The van der Waals surface area contributed by atoms with Gasteiger partial charge in [0.1, 0.15) is 5.82 Å². The van der Waals surface area contributed by atoms with E-state index in [1.54, 1.807) is 0 Å². The molecule has 0 aromatic rings. The number of aromatic nitrogens is 2. The zero-order chi connectivity index (χ0) is 18.0. The summed E-state index contributed by atoms with van der Waals surface area (Å²) >= 11 is 0. The van der Waals surface area contributed by atoms with E-state index in [1.165, 1.54) is 0 Å². The van der Waals surface area contributed by atoms with Crippen LogP contribution in [0.1, 0.15) is 31.7 Å². The molecular formula is C18H25N3O4S. The topological polar surface area (TPSA) is 82.5 Å². The molecular weight excluding hydrogens is 354 g/mol. The molecule has 1 aliphatic carbocycles. The number of fused-ring (bicyclic) bond motifs is 1. The average Bonchev–Trinajstić information content (AvgIpc) is 3.11. The molecule has 142 valence electrons. The molecule has 1 saturated heterocycles. The summed E-state index contributed by atoms with van der Waals surface area (Å²) in [6.45, 7) is 1.35. The van der Waals surface area contributed by atoms with Crippen LogP contribution in [0.5, 0.6) is 0 Å². The summed E-state index contributed by atoms with van der Waals surface area (Å²) in [5, 5.41) is 0. The molecule has 7 nitrogen and oxygen atoms in total. The van der Waals surface area contributed by atoms with Gasteiger partial charge in [-0.05, 0) is 43.9 Å². The minimum absolute atomic E-state index is 0.00631. The van der Waals surface area contributed by atoms with E-state index in [2.05, 4.69) is 26.5 Å². The fourth-order valence-corrected chi connectivity index (χ4v) is 5.46. The Labute approximate surface area is 154 Å². The molecule has 26 heavy (non-hydrogen) atoms. The number of sulfonamides is 1. The lowest BCUT2D eigenvalue weighted by molar-refractivity contribution is -0.0783. The summed E-state index contributed by atoms with van der Waals surface area (Å²) in [5.41, 5.74) is 1.14. The predicted octanol–water partition coefficient (Wildman–Crippen LogP) is 1.81. The van der Waals surface area contributed by atoms with Crippen LogP contribution in [0.25, 0.3) is 11.4 Å². The highest BCUT2D eigenvalue weighted by molar-refractivity contribution is 7.89. The minimum atomic E-state index is -3.36. The molecule has 0 amide bonds. The number of nitrogens with one attached hydrogen (secondary N) is 1. The first-order chi connectivity index (χ1) is 12.6. The van der Waals surface area contributed by atoms with Gasteiger partial charge in [0.2, 0.25) is 10.0 Å². The van der Waals surface area contributed by atoms with Gasteiger partial charge >= 0.3 is 0 Å². The Balaban J connectivity index is 1.33. The molecule has 3 heterocycles. The SMILES string of the molecule is O=S(=O)(CC1COCCO1)NC1CCC(n2cccc3ccnc2-3)CC1. The third-order valence-electron chi connectivity index (χ3n) is 5.20. The van der Waals surface area contributed by atoms with Crippen LogP contribution in [0.3, 0.4) is 0 Å². The zero-order valence-corrected chi connectivity index (χ0v) is 15.5. The minimum Gasteiger partial charge on any atom is -0.376 e. The summed E-state index contributed by atoms with van der Waals surface area (Å²) in [4.78, 5) is 4.46. The average molecular weight is 379 g/mol. The summed E-state index contributed by atoms with van der Waals surface area (Å²) in [5.74, 6) is 0.976. The molecule has 0 bridgehead atoms. The van der Waals surface area contributed by atoms with E-state index in [0.29, 0.717) is 25.9 Å². The van der Waals surface area contributed by atoms with Gasteiger partial charge < -0.3 is 14.0 Å². The first-order valence-electron chi connectivity index (χ1n) is 9.22. The molecule has 1 saturated carbocycles. The Morgan fingerprint density at radius 1 is 1.19 bits per heavy atom. The van der Waals surface area contributed by atoms with Crippen molar-refractivity contribution in [3.63, 3.8) is 0 Å². The van der Waals surface area contributed by atoms with Gasteiger partial charge in [-0.1, -0.05) is 0 Å². The molecule has 0 radical (unpaired) electrons. The van der Waals surface area contributed by atoms with E-state index in [9.17, 15) is 8.42 Å². The highest BCUT2D eigenvalue weighted by atomic mass is 32.2. The van der Waals surface area contributed by atoms with Crippen molar-refractivity contribution in [3.05, 3.63) is 30.6 Å². The van der Waals surface area contributed by atoms with Gasteiger partial charge in [-0.15, -0.1) is 0 Å². The van der Waals surface area contributed by atoms with Crippen molar-refractivity contribution in [3.8, 4) is 11.4 Å². The molecule has 0 spiro atoms. The second-order valence-corrected chi connectivity index (χ2v) is 8.91. The third kappa shape index (κ3) is 4.09. The van der Waals surface area contributed by atoms with Crippen molar-refractivity contribution in [2.45, 2.75) is 43.9 Å². The molecule has 3 aliphatic heterocycles. The largest absolute Gasteiger partial charge is 0.376 e. The summed E-state index contributed by atoms with van der Waals surface area (Å²) in [6, 6.07) is 6.49. The van der Waals surface area contributed by atoms with Gasteiger partial charge in [0.15, 0.2) is 0 Å². The lowest BCUT2D eigenvalue weighted by atomic mass is 9.91. The Bertz CT molecular complexity index is 792.